The first-order valence-corrected chi connectivity index (χ1v) is 12.6. The summed E-state index contributed by atoms with van der Waals surface area (Å²) in [4.78, 5) is 52.7. The molecule has 1 aliphatic carbocycles. The van der Waals surface area contributed by atoms with Gasteiger partial charge in [-0.3, -0.25) is 9.59 Å². The maximum atomic E-state index is 13.6. The average molecular weight is 492 g/mol. The zero-order chi connectivity index (χ0) is 25.5. The highest BCUT2D eigenvalue weighted by Gasteiger charge is 2.61. The largest absolute Gasteiger partial charge is 0.479 e. The van der Waals surface area contributed by atoms with Crippen LogP contribution in [0.3, 0.4) is 0 Å². The molecule has 4 aliphatic rings. The van der Waals surface area contributed by atoms with Crippen LogP contribution in [0, 0.1) is 11.3 Å². The Labute approximate surface area is 205 Å². The van der Waals surface area contributed by atoms with Gasteiger partial charge in [0.15, 0.2) is 0 Å². The number of amides is 3. The first-order chi connectivity index (χ1) is 16.4. The molecule has 0 aromatic carbocycles. The zero-order valence-electron chi connectivity index (χ0n) is 20.7. The van der Waals surface area contributed by atoms with Gasteiger partial charge in [-0.05, 0) is 37.5 Å². The van der Waals surface area contributed by atoms with Gasteiger partial charge in [0.2, 0.25) is 11.8 Å². The lowest BCUT2D eigenvalue weighted by molar-refractivity contribution is -0.146. The van der Waals surface area contributed by atoms with E-state index in [9.17, 15) is 24.3 Å². The summed E-state index contributed by atoms with van der Waals surface area (Å²) in [6.07, 6.45) is 5.46. The van der Waals surface area contributed by atoms with Crippen molar-refractivity contribution in [1.82, 2.24) is 15.5 Å². The van der Waals surface area contributed by atoms with Gasteiger partial charge in [0.05, 0.1) is 12.2 Å². The molecule has 4 unspecified atom stereocenters. The van der Waals surface area contributed by atoms with E-state index in [2.05, 4.69) is 17.2 Å². The lowest BCUT2D eigenvalue weighted by atomic mass is 9.85. The van der Waals surface area contributed by atoms with Crippen molar-refractivity contribution in [2.45, 2.75) is 102 Å². The second-order valence-electron chi connectivity index (χ2n) is 11.4. The molecule has 3 saturated heterocycles. The number of likely N-dealkylation sites (tertiary alicyclic amines) is 1. The number of carboxylic acid groups (broad SMARTS) is 1. The van der Waals surface area contributed by atoms with Crippen molar-refractivity contribution in [3.8, 4) is 0 Å². The van der Waals surface area contributed by atoms with Gasteiger partial charge in [0.1, 0.15) is 23.7 Å². The van der Waals surface area contributed by atoms with Gasteiger partial charge in [0, 0.05) is 25.3 Å². The van der Waals surface area contributed by atoms with E-state index in [1.54, 1.807) is 0 Å². The minimum absolute atomic E-state index is 0.122. The molecule has 1 saturated carbocycles. The smallest absolute Gasteiger partial charge is 0.408 e. The highest BCUT2D eigenvalue weighted by Crippen LogP contribution is 2.45. The summed E-state index contributed by atoms with van der Waals surface area (Å²) in [6, 6.07) is -1.70. The Morgan fingerprint density at radius 2 is 1.83 bits per heavy atom. The van der Waals surface area contributed by atoms with Crippen molar-refractivity contribution >= 4 is 23.9 Å². The molecule has 3 N–H and O–H groups in total. The third-order valence-electron chi connectivity index (χ3n) is 7.76. The third kappa shape index (κ3) is 5.17. The summed E-state index contributed by atoms with van der Waals surface area (Å²) in [6.45, 7) is 9.52. The summed E-state index contributed by atoms with van der Waals surface area (Å²) >= 11 is 0. The molecule has 2 bridgehead atoms. The fraction of sp³-hybridized carbons (Fsp3) is 0.760. The molecule has 4 fully saturated rings. The van der Waals surface area contributed by atoms with Crippen LogP contribution < -0.4 is 10.6 Å². The monoisotopic (exact) mass is 491 g/mol. The fourth-order valence-electron chi connectivity index (χ4n) is 5.65. The second kappa shape index (κ2) is 9.44. The standard InChI is InChI=1S/C25H37N3O7/c1-5-14-13-25(14,22(31)32)27-20(29)18-7-6-10-28(18)21(30)19(24(2,3)4)26-23(33)35-17-11-15-8-9-16(12-17)34-15/h5,14-19H,1,6-13H2,2-4H3,(H,26,33)(H,27,29)(H,31,32)/t14?,15-,16+,17?,18?,19?,25-/m1/s1. The number of alkyl carbamates (subject to hydrolysis) is 1. The van der Waals surface area contributed by atoms with Crippen molar-refractivity contribution in [3.05, 3.63) is 12.7 Å². The number of carbonyl (C=O) groups excluding carboxylic acids is 3. The maximum Gasteiger partial charge on any atom is 0.408 e. The molecule has 3 heterocycles. The molecular formula is C25H37N3O7. The van der Waals surface area contributed by atoms with Crippen LogP contribution in [0.2, 0.25) is 0 Å². The first-order valence-electron chi connectivity index (χ1n) is 12.6. The summed E-state index contributed by atoms with van der Waals surface area (Å²) < 4.78 is 11.5. The first kappa shape index (κ1) is 25.5. The molecule has 35 heavy (non-hydrogen) atoms. The Morgan fingerprint density at radius 1 is 1.17 bits per heavy atom. The Kier molecular flexibility index (Phi) is 6.87. The molecule has 4 rings (SSSR count). The summed E-state index contributed by atoms with van der Waals surface area (Å²) in [5.41, 5.74) is -1.99. The molecule has 0 radical (unpaired) electrons. The molecule has 3 aliphatic heterocycles. The maximum absolute atomic E-state index is 13.6. The number of hydrogen-bond acceptors (Lipinski definition) is 6. The van der Waals surface area contributed by atoms with Gasteiger partial charge in [-0.2, -0.15) is 0 Å². The number of carbonyl (C=O) groups is 4. The lowest BCUT2D eigenvalue weighted by Gasteiger charge is -2.36. The number of ether oxygens (including phenoxy) is 2. The minimum atomic E-state index is -1.36. The molecule has 7 atom stereocenters. The number of nitrogens with one attached hydrogen (secondary N) is 2. The Bertz CT molecular complexity index is 888. The average Bonchev–Trinajstić information content (AvgIpc) is 3.10. The number of hydrogen-bond donors (Lipinski definition) is 3. The highest BCUT2D eigenvalue weighted by atomic mass is 16.6. The van der Waals surface area contributed by atoms with E-state index in [0.29, 0.717) is 32.2 Å². The SMILES string of the molecule is C=CC1C[C@]1(NC(=O)C1CCCN1C(=O)C(NC(=O)OC1C[C@H]2CC[C@@H](C1)O2)C(C)(C)C)C(=O)O. The van der Waals surface area contributed by atoms with Crippen molar-refractivity contribution in [3.63, 3.8) is 0 Å². The fourth-order valence-corrected chi connectivity index (χ4v) is 5.65. The van der Waals surface area contributed by atoms with Crippen LogP contribution in [-0.4, -0.2) is 76.4 Å². The minimum Gasteiger partial charge on any atom is -0.479 e. The number of carboxylic acids is 1. The van der Waals surface area contributed by atoms with E-state index in [1.807, 2.05) is 20.8 Å². The molecular weight excluding hydrogens is 454 g/mol. The van der Waals surface area contributed by atoms with Crippen molar-refractivity contribution in [1.29, 1.82) is 0 Å². The van der Waals surface area contributed by atoms with Crippen LogP contribution in [0.1, 0.15) is 65.7 Å². The Balaban J connectivity index is 1.41. The van der Waals surface area contributed by atoms with Crippen molar-refractivity contribution in [2.75, 3.05) is 6.54 Å². The zero-order valence-corrected chi connectivity index (χ0v) is 20.7. The predicted molar refractivity (Wildman–Crippen MR) is 125 cm³/mol. The van der Waals surface area contributed by atoms with E-state index >= 15 is 0 Å². The number of aliphatic carboxylic acids is 1. The quantitative estimate of drug-likeness (QED) is 0.464. The van der Waals surface area contributed by atoms with Crippen LogP contribution in [0.4, 0.5) is 4.79 Å². The van der Waals surface area contributed by atoms with Crippen LogP contribution >= 0.6 is 0 Å². The van der Waals surface area contributed by atoms with E-state index in [0.717, 1.165) is 12.8 Å². The molecule has 10 heteroatoms. The van der Waals surface area contributed by atoms with Gasteiger partial charge in [-0.1, -0.05) is 26.8 Å². The lowest BCUT2D eigenvalue weighted by Crippen LogP contribution is -2.59. The van der Waals surface area contributed by atoms with E-state index < -0.39 is 41.0 Å². The van der Waals surface area contributed by atoms with Crippen molar-refractivity contribution in [2.24, 2.45) is 11.3 Å². The molecule has 0 aromatic rings. The number of fused-ring (bicyclic) bond motifs is 2. The molecule has 0 aromatic heterocycles. The second-order valence-corrected chi connectivity index (χ2v) is 11.4. The van der Waals surface area contributed by atoms with Gasteiger partial charge >= 0.3 is 12.1 Å². The van der Waals surface area contributed by atoms with Crippen LogP contribution in [0.25, 0.3) is 0 Å². The molecule has 0 spiro atoms. The summed E-state index contributed by atoms with van der Waals surface area (Å²) in [5.74, 6) is -2.31. The Hall–Kier alpha value is -2.62. The van der Waals surface area contributed by atoms with Crippen LogP contribution in [-0.2, 0) is 23.9 Å². The number of nitrogens with zero attached hydrogens (tertiary/aromatic N) is 1. The third-order valence-corrected chi connectivity index (χ3v) is 7.76. The Morgan fingerprint density at radius 3 is 2.37 bits per heavy atom. The van der Waals surface area contributed by atoms with E-state index in [-0.39, 0.29) is 36.6 Å². The topological polar surface area (TPSA) is 134 Å². The van der Waals surface area contributed by atoms with E-state index in [1.165, 1.54) is 11.0 Å². The molecule has 194 valence electrons. The summed E-state index contributed by atoms with van der Waals surface area (Å²) in [5, 5.41) is 15.0. The normalized spacial score (nSPS) is 34.6. The van der Waals surface area contributed by atoms with Crippen LogP contribution in [0.5, 0.6) is 0 Å². The van der Waals surface area contributed by atoms with Crippen LogP contribution in [0.15, 0.2) is 12.7 Å². The van der Waals surface area contributed by atoms with Gasteiger partial charge in [-0.15, -0.1) is 6.58 Å². The predicted octanol–water partition coefficient (Wildman–Crippen LogP) is 1.97. The van der Waals surface area contributed by atoms with Gasteiger partial charge in [-0.25, -0.2) is 9.59 Å². The van der Waals surface area contributed by atoms with Gasteiger partial charge < -0.3 is 30.1 Å². The highest BCUT2D eigenvalue weighted by molar-refractivity contribution is 5.96. The number of rotatable bonds is 7. The summed E-state index contributed by atoms with van der Waals surface area (Å²) in [7, 11) is 0. The molecule has 10 nitrogen and oxygen atoms in total. The molecule has 3 amide bonds. The van der Waals surface area contributed by atoms with Crippen molar-refractivity contribution < 1.29 is 33.8 Å². The van der Waals surface area contributed by atoms with Gasteiger partial charge in [0.25, 0.3) is 0 Å². The van der Waals surface area contributed by atoms with E-state index in [4.69, 9.17) is 9.47 Å².